The van der Waals surface area contributed by atoms with Crippen LogP contribution in [0.4, 0.5) is 0 Å². The fourth-order valence-corrected chi connectivity index (χ4v) is 1.46. The summed E-state index contributed by atoms with van der Waals surface area (Å²) in [5.41, 5.74) is 1.98. The van der Waals surface area contributed by atoms with Crippen LogP contribution in [-0.2, 0) is 11.3 Å². The van der Waals surface area contributed by atoms with Crippen LogP contribution >= 0.6 is 0 Å². The average Bonchev–Trinajstić information content (AvgIpc) is 2.28. The molecule has 3 nitrogen and oxygen atoms in total. The van der Waals surface area contributed by atoms with Gasteiger partial charge in [0.1, 0.15) is 5.75 Å². The number of rotatable bonds is 6. The molecule has 1 aromatic rings. The van der Waals surface area contributed by atoms with Gasteiger partial charge in [0.25, 0.3) is 0 Å². The molecule has 0 saturated carbocycles. The van der Waals surface area contributed by atoms with Gasteiger partial charge in [-0.2, -0.15) is 0 Å². The molecule has 3 heteroatoms. The summed E-state index contributed by atoms with van der Waals surface area (Å²) in [4.78, 5) is 0. The highest BCUT2D eigenvalue weighted by molar-refractivity contribution is 5.33. The van der Waals surface area contributed by atoms with Crippen molar-refractivity contribution < 1.29 is 14.6 Å². The van der Waals surface area contributed by atoms with E-state index < -0.39 is 0 Å². The second-order valence-electron chi connectivity index (χ2n) is 4.00. The Kier molecular flexibility index (Phi) is 5.29. The number of benzene rings is 1. The average molecular weight is 224 g/mol. The van der Waals surface area contributed by atoms with Gasteiger partial charge in [0.2, 0.25) is 0 Å². The van der Waals surface area contributed by atoms with E-state index in [2.05, 4.69) is 0 Å². The largest absolute Gasteiger partial charge is 0.493 e. The molecule has 1 rings (SSSR count). The van der Waals surface area contributed by atoms with Gasteiger partial charge in [-0.15, -0.1) is 0 Å². The van der Waals surface area contributed by atoms with E-state index >= 15 is 0 Å². The predicted molar refractivity (Wildman–Crippen MR) is 63.7 cm³/mol. The fourth-order valence-electron chi connectivity index (χ4n) is 1.46. The highest BCUT2D eigenvalue weighted by atomic mass is 16.5. The van der Waals surface area contributed by atoms with Gasteiger partial charge >= 0.3 is 0 Å². The summed E-state index contributed by atoms with van der Waals surface area (Å²) >= 11 is 0. The van der Waals surface area contributed by atoms with E-state index in [1.54, 1.807) is 7.11 Å². The van der Waals surface area contributed by atoms with Gasteiger partial charge in [-0.3, -0.25) is 0 Å². The van der Waals surface area contributed by atoms with Crippen molar-refractivity contribution in [2.45, 2.75) is 33.0 Å². The summed E-state index contributed by atoms with van der Waals surface area (Å²) in [6.07, 6.45) is 1.07. The van der Waals surface area contributed by atoms with Crippen LogP contribution in [0.3, 0.4) is 0 Å². The number of aliphatic hydroxyl groups is 1. The van der Waals surface area contributed by atoms with Gasteiger partial charge in [0, 0.05) is 13.5 Å². The molecule has 0 heterocycles. The van der Waals surface area contributed by atoms with Crippen LogP contribution in [0.1, 0.15) is 24.5 Å². The van der Waals surface area contributed by atoms with Crippen molar-refractivity contribution in [3.63, 3.8) is 0 Å². The first-order chi connectivity index (χ1) is 7.65. The Hall–Kier alpha value is -1.06. The summed E-state index contributed by atoms with van der Waals surface area (Å²) in [7, 11) is 1.70. The molecular weight excluding hydrogens is 204 g/mol. The third-order valence-electron chi connectivity index (χ3n) is 2.49. The summed E-state index contributed by atoms with van der Waals surface area (Å²) in [6, 6.07) is 5.78. The van der Waals surface area contributed by atoms with Gasteiger partial charge in [-0.1, -0.05) is 6.07 Å². The molecule has 0 amide bonds. The first kappa shape index (κ1) is 13.0. The first-order valence-electron chi connectivity index (χ1n) is 5.52. The number of ether oxygens (including phenoxy) is 2. The minimum Gasteiger partial charge on any atom is -0.493 e. The zero-order valence-electron chi connectivity index (χ0n) is 10.2. The molecule has 1 atom stereocenters. The molecule has 0 fully saturated rings. The highest BCUT2D eigenvalue weighted by Crippen LogP contribution is 2.17. The summed E-state index contributed by atoms with van der Waals surface area (Å²) in [5.74, 6) is 0.812. The lowest BCUT2D eigenvalue weighted by Gasteiger charge is -2.11. The lowest BCUT2D eigenvalue weighted by molar-refractivity contribution is 0.0955. The van der Waals surface area contributed by atoms with E-state index in [-0.39, 0.29) is 12.7 Å². The number of hydrogen-bond acceptors (Lipinski definition) is 3. The topological polar surface area (TPSA) is 38.7 Å². The minimum atomic E-state index is 0.0481. The van der Waals surface area contributed by atoms with E-state index in [0.717, 1.165) is 23.3 Å². The second kappa shape index (κ2) is 6.51. The van der Waals surface area contributed by atoms with Gasteiger partial charge < -0.3 is 14.6 Å². The monoisotopic (exact) mass is 224 g/mol. The molecule has 0 aromatic heterocycles. The Morgan fingerprint density at radius 3 is 2.69 bits per heavy atom. The standard InChI is InChI=1S/C13H20O3/c1-10-6-12(9-14)8-13(7-10)16-5-4-11(2)15-3/h6-8,11,14H,4-5,9H2,1-3H3. The molecule has 0 spiro atoms. The summed E-state index contributed by atoms with van der Waals surface area (Å²) in [6.45, 7) is 4.68. The van der Waals surface area contributed by atoms with E-state index in [1.165, 1.54) is 0 Å². The van der Waals surface area contributed by atoms with Crippen LogP contribution in [0.5, 0.6) is 5.75 Å². The van der Waals surface area contributed by atoms with Gasteiger partial charge in [-0.05, 0) is 37.1 Å². The van der Waals surface area contributed by atoms with E-state index in [0.29, 0.717) is 6.61 Å². The number of hydrogen-bond donors (Lipinski definition) is 1. The van der Waals surface area contributed by atoms with Crippen molar-refractivity contribution in [3.05, 3.63) is 29.3 Å². The van der Waals surface area contributed by atoms with Gasteiger partial charge in [0.15, 0.2) is 0 Å². The Morgan fingerprint density at radius 1 is 1.31 bits per heavy atom. The SMILES string of the molecule is COC(C)CCOc1cc(C)cc(CO)c1. The second-order valence-corrected chi connectivity index (χ2v) is 4.00. The van der Waals surface area contributed by atoms with E-state index in [1.807, 2.05) is 32.0 Å². The maximum Gasteiger partial charge on any atom is 0.119 e. The van der Waals surface area contributed by atoms with Crippen molar-refractivity contribution in [1.29, 1.82) is 0 Å². The molecule has 1 unspecified atom stereocenters. The smallest absolute Gasteiger partial charge is 0.119 e. The first-order valence-corrected chi connectivity index (χ1v) is 5.52. The van der Waals surface area contributed by atoms with Crippen LogP contribution in [0.25, 0.3) is 0 Å². The number of aliphatic hydroxyl groups excluding tert-OH is 1. The van der Waals surface area contributed by atoms with Crippen LogP contribution in [0.15, 0.2) is 18.2 Å². The molecule has 0 radical (unpaired) electrons. The summed E-state index contributed by atoms with van der Waals surface area (Å²) < 4.78 is 10.7. The van der Waals surface area contributed by atoms with Crippen LogP contribution in [0.2, 0.25) is 0 Å². The minimum absolute atomic E-state index is 0.0481. The maximum atomic E-state index is 9.06. The quantitative estimate of drug-likeness (QED) is 0.805. The fraction of sp³-hybridized carbons (Fsp3) is 0.538. The van der Waals surface area contributed by atoms with Crippen molar-refractivity contribution in [2.75, 3.05) is 13.7 Å². The molecule has 1 aromatic carbocycles. The number of methoxy groups -OCH3 is 1. The molecule has 1 N–H and O–H groups in total. The van der Waals surface area contributed by atoms with Crippen molar-refractivity contribution >= 4 is 0 Å². The molecule has 90 valence electrons. The van der Waals surface area contributed by atoms with Crippen molar-refractivity contribution in [2.24, 2.45) is 0 Å². The Bertz CT molecular complexity index is 323. The zero-order chi connectivity index (χ0) is 12.0. The molecule has 0 bridgehead atoms. The third kappa shape index (κ3) is 4.21. The molecule has 0 aliphatic rings. The maximum absolute atomic E-state index is 9.06. The third-order valence-corrected chi connectivity index (χ3v) is 2.49. The van der Waals surface area contributed by atoms with Crippen LogP contribution < -0.4 is 4.74 Å². The molecule has 0 saturated heterocycles. The normalized spacial score (nSPS) is 12.5. The van der Waals surface area contributed by atoms with E-state index in [4.69, 9.17) is 14.6 Å². The Labute approximate surface area is 97.0 Å². The zero-order valence-corrected chi connectivity index (χ0v) is 10.2. The highest BCUT2D eigenvalue weighted by Gasteiger charge is 2.02. The predicted octanol–water partition coefficient (Wildman–Crippen LogP) is 2.29. The molecule has 0 aliphatic heterocycles. The van der Waals surface area contributed by atoms with Crippen molar-refractivity contribution in [1.82, 2.24) is 0 Å². The summed E-state index contributed by atoms with van der Waals surface area (Å²) in [5, 5.41) is 9.06. The van der Waals surface area contributed by atoms with Crippen molar-refractivity contribution in [3.8, 4) is 5.75 Å². The number of aryl methyl sites for hydroxylation is 1. The Balaban J connectivity index is 2.50. The van der Waals surface area contributed by atoms with Gasteiger partial charge in [0.05, 0.1) is 19.3 Å². The van der Waals surface area contributed by atoms with Gasteiger partial charge in [-0.25, -0.2) is 0 Å². The molecular formula is C13H20O3. The lowest BCUT2D eigenvalue weighted by Crippen LogP contribution is -2.10. The van der Waals surface area contributed by atoms with Crippen LogP contribution in [0, 0.1) is 6.92 Å². The molecule has 16 heavy (non-hydrogen) atoms. The Morgan fingerprint density at radius 2 is 2.06 bits per heavy atom. The molecule has 0 aliphatic carbocycles. The van der Waals surface area contributed by atoms with Crippen LogP contribution in [-0.4, -0.2) is 24.9 Å². The lowest BCUT2D eigenvalue weighted by atomic mass is 10.1. The van der Waals surface area contributed by atoms with E-state index in [9.17, 15) is 0 Å².